The summed E-state index contributed by atoms with van der Waals surface area (Å²) in [5.41, 5.74) is 1.37. The van der Waals surface area contributed by atoms with E-state index in [0.29, 0.717) is 6.04 Å². The van der Waals surface area contributed by atoms with Gasteiger partial charge in [0.1, 0.15) is 6.34 Å². The molecule has 0 radical (unpaired) electrons. The van der Waals surface area contributed by atoms with Crippen LogP contribution in [0.2, 0.25) is 0 Å². The molecule has 0 amide bonds. The molecule has 0 aromatic heterocycles. The van der Waals surface area contributed by atoms with Gasteiger partial charge in [-0.2, -0.15) is 0 Å². The highest BCUT2D eigenvalue weighted by Gasteiger charge is 2.05. The van der Waals surface area contributed by atoms with Crippen LogP contribution in [-0.2, 0) is 6.42 Å². The van der Waals surface area contributed by atoms with E-state index in [1.54, 1.807) is 6.34 Å². The molecule has 1 aromatic carbocycles. The molecule has 2 heteroatoms. The molecule has 1 atom stereocenters. The van der Waals surface area contributed by atoms with E-state index in [4.69, 9.17) is 0 Å². The highest BCUT2D eigenvalue weighted by Crippen LogP contribution is 2.07. The summed E-state index contributed by atoms with van der Waals surface area (Å²) in [7, 11) is 0. The van der Waals surface area contributed by atoms with Gasteiger partial charge in [0.05, 0.1) is 6.04 Å². The molecule has 1 aliphatic heterocycles. The summed E-state index contributed by atoms with van der Waals surface area (Å²) in [6.45, 7) is 0. The topological polar surface area (TPSA) is 24.7 Å². The van der Waals surface area contributed by atoms with Crippen molar-refractivity contribution in [1.29, 1.82) is 0 Å². The van der Waals surface area contributed by atoms with Crippen molar-refractivity contribution in [3.63, 3.8) is 0 Å². The van der Waals surface area contributed by atoms with Crippen molar-refractivity contribution >= 4 is 12.6 Å². The van der Waals surface area contributed by atoms with Crippen molar-refractivity contribution in [3.05, 3.63) is 35.9 Å². The molecule has 0 saturated carbocycles. The first-order valence-electron chi connectivity index (χ1n) is 4.54. The van der Waals surface area contributed by atoms with Gasteiger partial charge in [-0.25, -0.2) is 4.99 Å². The standard InChI is InChI=1S/C11H12N2/c1-2-4-10(5-3-1)6-7-11-8-12-9-13-11/h1-5,8-9,11H,6-7H2. The van der Waals surface area contributed by atoms with Gasteiger partial charge in [-0.1, -0.05) is 30.3 Å². The minimum Gasteiger partial charge on any atom is -0.264 e. The largest absolute Gasteiger partial charge is 0.264 e. The fourth-order valence-corrected chi connectivity index (χ4v) is 1.41. The number of benzene rings is 1. The van der Waals surface area contributed by atoms with Gasteiger partial charge < -0.3 is 0 Å². The van der Waals surface area contributed by atoms with Crippen molar-refractivity contribution in [3.8, 4) is 0 Å². The van der Waals surface area contributed by atoms with Crippen LogP contribution in [0.3, 0.4) is 0 Å². The number of nitrogens with zero attached hydrogens (tertiary/aromatic N) is 2. The Balaban J connectivity index is 1.86. The number of hydrogen-bond donors (Lipinski definition) is 0. The lowest BCUT2D eigenvalue weighted by molar-refractivity contribution is 0.772. The molecule has 0 fully saturated rings. The average Bonchev–Trinajstić information content (AvgIpc) is 2.69. The summed E-state index contributed by atoms with van der Waals surface area (Å²) in [6, 6.07) is 10.8. The Morgan fingerprint density at radius 1 is 1.15 bits per heavy atom. The van der Waals surface area contributed by atoms with Gasteiger partial charge >= 0.3 is 0 Å². The number of rotatable bonds is 3. The van der Waals surface area contributed by atoms with Gasteiger partial charge in [0.25, 0.3) is 0 Å². The number of aliphatic imine (C=N–C) groups is 2. The lowest BCUT2D eigenvalue weighted by Gasteiger charge is -2.02. The summed E-state index contributed by atoms with van der Waals surface area (Å²) >= 11 is 0. The van der Waals surface area contributed by atoms with Gasteiger partial charge in [0.15, 0.2) is 0 Å². The minimum atomic E-state index is 0.306. The molecule has 2 nitrogen and oxygen atoms in total. The maximum Gasteiger partial charge on any atom is 0.110 e. The number of aryl methyl sites for hydroxylation is 1. The molecular weight excluding hydrogens is 160 g/mol. The zero-order valence-corrected chi connectivity index (χ0v) is 7.43. The highest BCUT2D eigenvalue weighted by molar-refractivity contribution is 5.82. The van der Waals surface area contributed by atoms with Crippen LogP contribution < -0.4 is 0 Å². The molecule has 1 aliphatic rings. The van der Waals surface area contributed by atoms with E-state index in [9.17, 15) is 0 Å². The third-order valence-corrected chi connectivity index (χ3v) is 2.15. The van der Waals surface area contributed by atoms with E-state index >= 15 is 0 Å². The summed E-state index contributed by atoms with van der Waals surface area (Å²) in [5, 5.41) is 0. The van der Waals surface area contributed by atoms with E-state index in [-0.39, 0.29) is 0 Å². The SMILES string of the molecule is C1=NC=NC1CCc1ccccc1. The zero-order chi connectivity index (χ0) is 8.93. The Hall–Kier alpha value is -1.44. The number of hydrogen-bond acceptors (Lipinski definition) is 2. The third kappa shape index (κ3) is 2.25. The second-order valence-electron chi connectivity index (χ2n) is 3.15. The van der Waals surface area contributed by atoms with Crippen molar-refractivity contribution in [2.24, 2.45) is 9.98 Å². The second kappa shape index (κ2) is 3.99. The first kappa shape index (κ1) is 8.17. The average molecular weight is 172 g/mol. The molecule has 13 heavy (non-hydrogen) atoms. The lowest BCUT2D eigenvalue weighted by atomic mass is 10.1. The third-order valence-electron chi connectivity index (χ3n) is 2.15. The van der Waals surface area contributed by atoms with Crippen LogP contribution in [0.25, 0.3) is 0 Å². The van der Waals surface area contributed by atoms with Crippen molar-refractivity contribution in [2.45, 2.75) is 18.9 Å². The van der Waals surface area contributed by atoms with Crippen LogP contribution in [0, 0.1) is 0 Å². The first-order valence-corrected chi connectivity index (χ1v) is 4.54. The maximum absolute atomic E-state index is 4.20. The Kier molecular flexibility index (Phi) is 2.51. The summed E-state index contributed by atoms with van der Waals surface area (Å²) in [6.07, 6.45) is 5.68. The van der Waals surface area contributed by atoms with Crippen LogP contribution in [0.1, 0.15) is 12.0 Å². The van der Waals surface area contributed by atoms with Gasteiger partial charge in [0, 0.05) is 6.21 Å². The molecule has 66 valence electrons. The smallest absolute Gasteiger partial charge is 0.110 e. The van der Waals surface area contributed by atoms with Crippen LogP contribution in [0.5, 0.6) is 0 Å². The van der Waals surface area contributed by atoms with Crippen molar-refractivity contribution in [1.82, 2.24) is 0 Å². The highest BCUT2D eigenvalue weighted by atomic mass is 14.9. The van der Waals surface area contributed by atoms with Gasteiger partial charge in [-0.05, 0) is 18.4 Å². The fourth-order valence-electron chi connectivity index (χ4n) is 1.41. The van der Waals surface area contributed by atoms with Crippen LogP contribution in [-0.4, -0.2) is 18.6 Å². The van der Waals surface area contributed by atoms with E-state index in [1.165, 1.54) is 5.56 Å². The molecule has 1 heterocycles. The Morgan fingerprint density at radius 2 is 2.00 bits per heavy atom. The quantitative estimate of drug-likeness (QED) is 0.667. The normalized spacial score (nSPS) is 19.5. The van der Waals surface area contributed by atoms with Crippen molar-refractivity contribution in [2.75, 3.05) is 0 Å². The Morgan fingerprint density at radius 3 is 2.69 bits per heavy atom. The molecule has 0 spiro atoms. The molecule has 0 bridgehead atoms. The molecule has 1 aromatic rings. The molecular formula is C11H12N2. The van der Waals surface area contributed by atoms with Gasteiger partial charge in [-0.3, -0.25) is 4.99 Å². The molecule has 0 aliphatic carbocycles. The molecule has 0 N–H and O–H groups in total. The molecule has 2 rings (SSSR count). The second-order valence-corrected chi connectivity index (χ2v) is 3.15. The van der Waals surface area contributed by atoms with E-state index in [0.717, 1.165) is 12.8 Å². The van der Waals surface area contributed by atoms with Crippen LogP contribution in [0.4, 0.5) is 0 Å². The molecule has 1 unspecified atom stereocenters. The van der Waals surface area contributed by atoms with E-state index < -0.39 is 0 Å². The Labute approximate surface area is 78.0 Å². The maximum atomic E-state index is 4.20. The zero-order valence-electron chi connectivity index (χ0n) is 7.43. The summed E-state index contributed by atoms with van der Waals surface area (Å²) in [4.78, 5) is 8.16. The predicted octanol–water partition coefficient (Wildman–Crippen LogP) is 2.10. The Bertz CT molecular complexity index is 302. The van der Waals surface area contributed by atoms with Gasteiger partial charge in [0.2, 0.25) is 0 Å². The first-order chi connectivity index (χ1) is 6.45. The summed E-state index contributed by atoms with van der Waals surface area (Å²) < 4.78 is 0. The lowest BCUT2D eigenvalue weighted by Crippen LogP contribution is -2.03. The fraction of sp³-hybridized carbons (Fsp3) is 0.273. The monoisotopic (exact) mass is 172 g/mol. The predicted molar refractivity (Wildman–Crippen MR) is 55.5 cm³/mol. The van der Waals surface area contributed by atoms with Crippen LogP contribution >= 0.6 is 0 Å². The van der Waals surface area contributed by atoms with E-state index in [1.807, 2.05) is 12.3 Å². The van der Waals surface area contributed by atoms with E-state index in [2.05, 4.69) is 34.3 Å². The van der Waals surface area contributed by atoms with Gasteiger partial charge in [-0.15, -0.1) is 0 Å². The summed E-state index contributed by atoms with van der Waals surface area (Å²) in [5.74, 6) is 0. The molecule has 0 saturated heterocycles. The minimum absolute atomic E-state index is 0.306. The van der Waals surface area contributed by atoms with Crippen molar-refractivity contribution < 1.29 is 0 Å². The van der Waals surface area contributed by atoms with Crippen LogP contribution in [0.15, 0.2) is 40.3 Å².